The Bertz CT molecular complexity index is 1200. The van der Waals surface area contributed by atoms with Crippen molar-refractivity contribution in [3.63, 3.8) is 0 Å². The topological polar surface area (TPSA) is 68.7 Å². The third kappa shape index (κ3) is 4.58. The first-order valence-corrected chi connectivity index (χ1v) is 10.3. The predicted octanol–water partition coefficient (Wildman–Crippen LogP) is 5.89. The van der Waals surface area contributed by atoms with Crippen molar-refractivity contribution in [2.24, 2.45) is 0 Å². The Morgan fingerprint density at radius 2 is 1.71 bits per heavy atom. The van der Waals surface area contributed by atoms with Crippen molar-refractivity contribution in [1.82, 2.24) is 4.98 Å². The molecule has 2 aromatic carbocycles. The molecule has 0 bridgehead atoms. The summed E-state index contributed by atoms with van der Waals surface area (Å²) >= 11 is 6.33. The molecule has 1 aromatic heterocycles. The number of esters is 1. The number of hydrogen-bond acceptors (Lipinski definition) is 5. The molecule has 1 N–H and O–H groups in total. The van der Waals surface area contributed by atoms with Crippen molar-refractivity contribution in [1.29, 1.82) is 0 Å². The van der Waals surface area contributed by atoms with Crippen LogP contribution in [0.3, 0.4) is 0 Å². The minimum Gasteiger partial charge on any atom is -0.481 e. The van der Waals surface area contributed by atoms with Crippen LogP contribution in [0.2, 0.25) is 5.02 Å². The van der Waals surface area contributed by atoms with Gasteiger partial charge in [0.1, 0.15) is 5.82 Å². The van der Waals surface area contributed by atoms with Crippen LogP contribution in [-0.4, -0.2) is 36.5 Å². The molecular weight excluding hydrogens is 478 g/mol. The minimum atomic E-state index is -5.06. The zero-order valence-electron chi connectivity index (χ0n) is 18.3. The molecule has 5 nitrogen and oxygen atoms in total. The Morgan fingerprint density at radius 1 is 1.06 bits per heavy atom. The summed E-state index contributed by atoms with van der Waals surface area (Å²) in [6.07, 6.45) is -4.16. The maximum Gasteiger partial charge on any atom is 0.422 e. The van der Waals surface area contributed by atoms with E-state index < -0.39 is 35.0 Å². The summed E-state index contributed by atoms with van der Waals surface area (Å²) in [6.45, 7) is 1.20. The summed E-state index contributed by atoms with van der Waals surface area (Å²) in [7, 11) is 2.44. The highest BCUT2D eigenvalue weighted by molar-refractivity contribution is 6.31. The average Bonchev–Trinajstić information content (AvgIpc) is 2.81. The van der Waals surface area contributed by atoms with Gasteiger partial charge in [-0.1, -0.05) is 36.7 Å². The molecule has 2 atom stereocenters. The maximum atomic E-state index is 14.3. The fraction of sp³-hybridized carbons (Fsp3) is 0.250. The number of aromatic nitrogens is 1. The summed E-state index contributed by atoms with van der Waals surface area (Å²) in [6, 6.07) is 10.2. The molecule has 34 heavy (non-hydrogen) atoms. The van der Waals surface area contributed by atoms with Crippen LogP contribution in [0.25, 0.3) is 11.1 Å². The van der Waals surface area contributed by atoms with Crippen molar-refractivity contribution in [2.45, 2.75) is 24.6 Å². The predicted molar refractivity (Wildman–Crippen MR) is 117 cm³/mol. The van der Waals surface area contributed by atoms with E-state index in [2.05, 4.69) is 9.72 Å². The summed E-state index contributed by atoms with van der Waals surface area (Å²) in [5, 5.41) is 10.8. The quantitative estimate of drug-likeness (QED) is 0.340. The van der Waals surface area contributed by atoms with Crippen LogP contribution >= 0.6 is 11.6 Å². The van der Waals surface area contributed by atoms with Gasteiger partial charge in [0.05, 0.1) is 19.8 Å². The highest BCUT2D eigenvalue weighted by atomic mass is 35.5. The van der Waals surface area contributed by atoms with Crippen molar-refractivity contribution in [2.75, 3.05) is 14.2 Å². The van der Waals surface area contributed by atoms with E-state index in [1.807, 2.05) is 0 Å². The molecular formula is C24H20ClF4NO4. The minimum absolute atomic E-state index is 0.0210. The normalized spacial score (nSPS) is 14.3. The van der Waals surface area contributed by atoms with Crippen molar-refractivity contribution in [3.8, 4) is 17.0 Å². The molecule has 0 fully saturated rings. The monoisotopic (exact) mass is 497 g/mol. The molecule has 180 valence electrons. The maximum absolute atomic E-state index is 14.3. The lowest BCUT2D eigenvalue weighted by Crippen LogP contribution is -2.46. The molecule has 0 amide bonds. The molecule has 0 spiro atoms. The van der Waals surface area contributed by atoms with Gasteiger partial charge in [0.2, 0.25) is 5.88 Å². The Kier molecular flexibility index (Phi) is 7.18. The van der Waals surface area contributed by atoms with E-state index in [0.29, 0.717) is 11.1 Å². The van der Waals surface area contributed by atoms with Crippen LogP contribution in [0.5, 0.6) is 5.88 Å². The zero-order valence-corrected chi connectivity index (χ0v) is 19.0. The first kappa shape index (κ1) is 25.5. The number of methoxy groups -OCH3 is 2. The number of carbonyl (C=O) groups excluding carboxylic acids is 1. The second-order valence-electron chi connectivity index (χ2n) is 7.50. The molecule has 3 rings (SSSR count). The van der Waals surface area contributed by atoms with E-state index in [0.717, 1.165) is 25.4 Å². The number of ether oxygens (including phenoxy) is 2. The Balaban J connectivity index is 2.02. The third-order valence-corrected chi connectivity index (χ3v) is 5.95. The van der Waals surface area contributed by atoms with Crippen molar-refractivity contribution in [3.05, 3.63) is 82.3 Å². The van der Waals surface area contributed by atoms with Crippen molar-refractivity contribution >= 4 is 17.6 Å². The van der Waals surface area contributed by atoms with Crippen LogP contribution in [0.4, 0.5) is 17.6 Å². The molecule has 0 aliphatic carbocycles. The summed E-state index contributed by atoms with van der Waals surface area (Å²) in [5.41, 5.74) is -3.27. The SMILES string of the molecule is COC(=O)c1ccc(-c2ccc(C(C)C(O)(c3ccc(OC)nc3)C(F)(F)F)c(Cl)c2)cc1F. The van der Waals surface area contributed by atoms with Crippen LogP contribution in [0, 0.1) is 5.82 Å². The lowest BCUT2D eigenvalue weighted by Gasteiger charge is -2.36. The number of rotatable bonds is 6. The highest BCUT2D eigenvalue weighted by Crippen LogP contribution is 2.50. The van der Waals surface area contributed by atoms with E-state index in [-0.39, 0.29) is 22.0 Å². The smallest absolute Gasteiger partial charge is 0.422 e. The molecule has 10 heteroatoms. The van der Waals surface area contributed by atoms with E-state index in [1.54, 1.807) is 0 Å². The molecule has 0 saturated carbocycles. The number of alkyl halides is 3. The van der Waals surface area contributed by atoms with Crippen LogP contribution in [-0.2, 0) is 10.3 Å². The lowest BCUT2D eigenvalue weighted by atomic mass is 9.78. The standard InChI is InChI=1S/C24H20ClF4NO4/c1-13(23(32,24(27,28)29)16-6-9-21(33-2)30-12-16)17-7-4-14(10-19(17)25)15-5-8-18(20(26)11-15)22(31)34-3/h4-13,32H,1-3H3. The number of aliphatic hydroxyl groups is 1. The highest BCUT2D eigenvalue weighted by Gasteiger charge is 2.59. The second-order valence-corrected chi connectivity index (χ2v) is 7.90. The number of hydrogen-bond donors (Lipinski definition) is 1. The van der Waals surface area contributed by atoms with Gasteiger partial charge in [-0.15, -0.1) is 0 Å². The molecule has 3 aromatic rings. The van der Waals surface area contributed by atoms with E-state index >= 15 is 0 Å². The van der Waals surface area contributed by atoms with Gasteiger partial charge in [0.25, 0.3) is 0 Å². The van der Waals surface area contributed by atoms with Crippen LogP contribution < -0.4 is 4.74 Å². The second kappa shape index (κ2) is 9.60. The van der Waals surface area contributed by atoms with E-state index in [4.69, 9.17) is 16.3 Å². The average molecular weight is 498 g/mol. The summed E-state index contributed by atoms with van der Waals surface area (Å²) < 4.78 is 66.1. The van der Waals surface area contributed by atoms with Crippen LogP contribution in [0.1, 0.15) is 34.3 Å². The fourth-order valence-electron chi connectivity index (χ4n) is 3.64. The summed E-state index contributed by atoms with van der Waals surface area (Å²) in [5.74, 6) is -3.10. The lowest BCUT2D eigenvalue weighted by molar-refractivity contribution is -0.274. The van der Waals surface area contributed by atoms with Gasteiger partial charge in [0, 0.05) is 28.8 Å². The van der Waals surface area contributed by atoms with Crippen LogP contribution in [0.15, 0.2) is 54.7 Å². The molecule has 1 heterocycles. The third-order valence-electron chi connectivity index (χ3n) is 5.62. The first-order chi connectivity index (χ1) is 15.9. The molecule has 2 unspecified atom stereocenters. The fourth-order valence-corrected chi connectivity index (χ4v) is 3.98. The molecule has 0 saturated heterocycles. The number of pyridine rings is 1. The zero-order chi connectivity index (χ0) is 25.3. The Hall–Kier alpha value is -3.17. The van der Waals surface area contributed by atoms with Gasteiger partial charge < -0.3 is 14.6 Å². The first-order valence-electron chi connectivity index (χ1n) is 9.91. The Labute approximate surface area is 197 Å². The van der Waals surface area contributed by atoms with E-state index in [1.165, 1.54) is 50.4 Å². The number of benzene rings is 2. The van der Waals surface area contributed by atoms with Gasteiger partial charge in [-0.2, -0.15) is 13.2 Å². The number of nitrogens with zero attached hydrogens (tertiary/aromatic N) is 1. The summed E-state index contributed by atoms with van der Waals surface area (Å²) in [4.78, 5) is 15.4. The molecule has 0 aliphatic heterocycles. The number of halogens is 5. The van der Waals surface area contributed by atoms with Gasteiger partial charge in [0.15, 0.2) is 5.60 Å². The van der Waals surface area contributed by atoms with E-state index in [9.17, 15) is 27.5 Å². The Morgan fingerprint density at radius 3 is 2.21 bits per heavy atom. The number of carbonyl (C=O) groups is 1. The largest absolute Gasteiger partial charge is 0.481 e. The van der Waals surface area contributed by atoms with Crippen molar-refractivity contribution < 1.29 is 36.9 Å². The van der Waals surface area contributed by atoms with Gasteiger partial charge in [-0.05, 0) is 41.0 Å². The van der Waals surface area contributed by atoms with Gasteiger partial charge in [-0.25, -0.2) is 14.2 Å². The molecule has 0 aliphatic rings. The molecule has 0 radical (unpaired) electrons. The van der Waals surface area contributed by atoms with Gasteiger partial charge in [-0.3, -0.25) is 0 Å². The van der Waals surface area contributed by atoms with Gasteiger partial charge >= 0.3 is 12.1 Å².